The molecule has 0 spiro atoms. The van der Waals surface area contributed by atoms with Crippen LogP contribution in [0.1, 0.15) is 151 Å². The van der Waals surface area contributed by atoms with Gasteiger partial charge in [0, 0.05) is 43.3 Å². The molecular formula is C54H84Cl2N10O8. The Balaban J connectivity index is 0.00000722. The van der Waals surface area contributed by atoms with Crippen LogP contribution in [0.5, 0.6) is 0 Å². The van der Waals surface area contributed by atoms with Crippen molar-refractivity contribution in [3.8, 4) is 0 Å². The Labute approximate surface area is 450 Å². The number of carbonyl (C=O) groups is 8. The standard InChI is InChI=1S/C54H82N10O8.2ClH/c1-33(55-9)45(65)60-41(49(69)62-43(53(3,4)5)51(71)63-28-16-11-17-29-63)25-14-15-27-57-47(67)36-22-18-23-37(30-36)48(68)58-38-31-42(50(70)59-40-26-19-21-35-20-12-13-24-39(35)40)64(32-38)52(72)44(54(6,7)8)61-46(66)34(2)56-10;;/h12-13,18,20,22-24,30,33-34,38,40-44,55-56H,11,14-17,19,21,25-29,31-32H2,1-10H3,(H,57,67)(H,58,68)(H,59,70)(H,60,65)(H,61,66)(H,62,69);2*1H/t33-,34-,38-,40+,41-,42-,43?,44?;;/m0../s1. The Kier molecular flexibility index (Phi) is 24.3. The van der Waals surface area contributed by atoms with Crippen LogP contribution in [0.4, 0.5) is 0 Å². The second-order valence-electron chi connectivity index (χ2n) is 22.0. The zero-order valence-electron chi connectivity index (χ0n) is 45.1. The number of likely N-dealkylation sites (N-methyl/N-ethyl adjacent to an activating group) is 2. The fourth-order valence-corrected chi connectivity index (χ4v) is 9.55. The van der Waals surface area contributed by atoms with Gasteiger partial charge in [0.05, 0.1) is 18.1 Å². The molecule has 8 N–H and O–H groups in total. The van der Waals surface area contributed by atoms with Crippen LogP contribution in [-0.4, -0.2) is 140 Å². The first-order valence-electron chi connectivity index (χ1n) is 26.0. The summed E-state index contributed by atoms with van der Waals surface area (Å²) in [5.74, 6) is -2.98. The van der Waals surface area contributed by atoms with Crippen molar-refractivity contribution >= 4 is 72.1 Å². The number of rotatable bonds is 20. The number of carbonyl (C=O) groups excluding carboxylic acids is 8. The van der Waals surface area contributed by atoms with Crippen LogP contribution in [0, 0.1) is 10.8 Å². The second kappa shape index (κ2) is 28.6. The topological polar surface area (TPSA) is 239 Å². The summed E-state index contributed by atoms with van der Waals surface area (Å²) in [6.07, 6.45) is 6.76. The molecule has 2 heterocycles. The molecular weight excluding hydrogens is 988 g/mol. The van der Waals surface area contributed by atoms with Gasteiger partial charge in [-0.15, -0.1) is 24.8 Å². The number of likely N-dealkylation sites (tertiary alicyclic amines) is 2. The van der Waals surface area contributed by atoms with Crippen molar-refractivity contribution in [3.63, 3.8) is 0 Å². The first-order chi connectivity index (χ1) is 34.0. The van der Waals surface area contributed by atoms with E-state index in [1.807, 2.05) is 64.6 Å². The molecule has 2 fully saturated rings. The second-order valence-corrected chi connectivity index (χ2v) is 22.0. The summed E-state index contributed by atoms with van der Waals surface area (Å²) in [6.45, 7) is 16.2. The van der Waals surface area contributed by atoms with E-state index in [1.54, 1.807) is 46.1 Å². The molecule has 0 radical (unpaired) electrons. The average Bonchev–Trinajstić information content (AvgIpc) is 3.79. The van der Waals surface area contributed by atoms with Crippen molar-refractivity contribution < 1.29 is 38.4 Å². The van der Waals surface area contributed by atoms with Gasteiger partial charge in [-0.2, -0.15) is 0 Å². The van der Waals surface area contributed by atoms with Gasteiger partial charge in [-0.25, -0.2) is 0 Å². The summed E-state index contributed by atoms with van der Waals surface area (Å²) in [6, 6.07) is 8.65. The van der Waals surface area contributed by atoms with Gasteiger partial charge >= 0.3 is 0 Å². The molecule has 2 aliphatic heterocycles. The van der Waals surface area contributed by atoms with Crippen LogP contribution in [0.15, 0.2) is 48.5 Å². The number of nitrogens with one attached hydrogen (secondary N) is 8. The molecule has 8 atom stereocenters. The minimum Gasteiger partial charge on any atom is -0.352 e. The predicted molar refractivity (Wildman–Crippen MR) is 291 cm³/mol. The van der Waals surface area contributed by atoms with Gasteiger partial charge in [0.2, 0.25) is 35.4 Å². The van der Waals surface area contributed by atoms with Gasteiger partial charge < -0.3 is 52.3 Å². The average molecular weight is 1070 g/mol. The van der Waals surface area contributed by atoms with E-state index in [-0.39, 0.29) is 91.5 Å². The molecule has 3 aliphatic rings. The molecule has 412 valence electrons. The van der Waals surface area contributed by atoms with E-state index >= 15 is 0 Å². The smallest absolute Gasteiger partial charge is 0.251 e. The minimum atomic E-state index is -0.975. The van der Waals surface area contributed by atoms with E-state index in [0.717, 1.165) is 44.1 Å². The fourth-order valence-electron chi connectivity index (χ4n) is 9.55. The highest BCUT2D eigenvalue weighted by atomic mass is 35.5. The number of unbranched alkanes of at least 4 members (excludes halogenated alkanes) is 1. The molecule has 2 saturated heterocycles. The van der Waals surface area contributed by atoms with Gasteiger partial charge in [0.15, 0.2) is 0 Å². The minimum absolute atomic E-state index is 0. The molecule has 2 aromatic carbocycles. The Hall–Kier alpha value is -5.30. The van der Waals surface area contributed by atoms with Crippen molar-refractivity contribution in [2.24, 2.45) is 10.8 Å². The van der Waals surface area contributed by atoms with Crippen molar-refractivity contribution in [1.29, 1.82) is 0 Å². The third kappa shape index (κ3) is 17.1. The van der Waals surface area contributed by atoms with Crippen LogP contribution >= 0.6 is 24.8 Å². The number of fused-ring (bicyclic) bond motifs is 1. The lowest BCUT2D eigenvalue weighted by atomic mass is 9.85. The van der Waals surface area contributed by atoms with E-state index in [4.69, 9.17) is 0 Å². The highest BCUT2D eigenvalue weighted by molar-refractivity contribution is 6.00. The normalized spacial score (nSPS) is 19.6. The molecule has 0 aromatic heterocycles. The maximum atomic E-state index is 14.6. The van der Waals surface area contributed by atoms with Crippen molar-refractivity contribution in [1.82, 2.24) is 52.3 Å². The molecule has 2 unspecified atom stereocenters. The maximum Gasteiger partial charge on any atom is 0.251 e. The van der Waals surface area contributed by atoms with Gasteiger partial charge in [-0.05, 0) is 132 Å². The first kappa shape index (κ1) is 63.0. The zero-order chi connectivity index (χ0) is 52.9. The predicted octanol–water partition coefficient (Wildman–Crippen LogP) is 4.10. The van der Waals surface area contributed by atoms with Crippen molar-refractivity contribution in [2.45, 2.75) is 168 Å². The van der Waals surface area contributed by atoms with E-state index in [9.17, 15) is 38.4 Å². The molecule has 18 nitrogen and oxygen atoms in total. The number of benzene rings is 2. The van der Waals surface area contributed by atoms with Gasteiger partial charge in [0.1, 0.15) is 24.2 Å². The highest BCUT2D eigenvalue weighted by Crippen LogP contribution is 2.32. The number of halogens is 2. The Morgan fingerprint density at radius 2 is 1.24 bits per heavy atom. The van der Waals surface area contributed by atoms with Crippen LogP contribution in [0.3, 0.4) is 0 Å². The van der Waals surface area contributed by atoms with Crippen LogP contribution in [0.25, 0.3) is 0 Å². The summed E-state index contributed by atoms with van der Waals surface area (Å²) in [5.41, 5.74) is 1.36. The Morgan fingerprint density at radius 1 is 0.662 bits per heavy atom. The fraction of sp³-hybridized carbons (Fsp3) is 0.630. The number of amides is 8. The summed E-state index contributed by atoms with van der Waals surface area (Å²) < 4.78 is 0. The van der Waals surface area contributed by atoms with Gasteiger partial charge in [-0.1, -0.05) is 71.9 Å². The molecule has 20 heteroatoms. The first-order valence-corrected chi connectivity index (χ1v) is 26.0. The number of aryl methyl sites for hydroxylation is 1. The number of hydrogen-bond donors (Lipinski definition) is 8. The molecule has 74 heavy (non-hydrogen) atoms. The largest absolute Gasteiger partial charge is 0.352 e. The molecule has 0 saturated carbocycles. The quantitative estimate of drug-likeness (QED) is 0.0884. The summed E-state index contributed by atoms with van der Waals surface area (Å²) in [5, 5.41) is 23.6. The van der Waals surface area contributed by atoms with Crippen LogP contribution in [-0.2, 0) is 35.2 Å². The summed E-state index contributed by atoms with van der Waals surface area (Å²) in [4.78, 5) is 113. The van der Waals surface area contributed by atoms with Crippen molar-refractivity contribution in [3.05, 3.63) is 70.8 Å². The molecule has 0 bridgehead atoms. The number of hydrogen-bond acceptors (Lipinski definition) is 10. The molecule has 5 rings (SSSR count). The van der Waals surface area contributed by atoms with Gasteiger partial charge in [-0.3, -0.25) is 38.4 Å². The third-order valence-electron chi connectivity index (χ3n) is 14.3. The maximum absolute atomic E-state index is 14.6. The van der Waals surface area contributed by atoms with E-state index in [2.05, 4.69) is 48.6 Å². The van der Waals surface area contributed by atoms with Crippen LogP contribution < -0.4 is 42.5 Å². The monoisotopic (exact) mass is 1070 g/mol. The van der Waals surface area contributed by atoms with E-state index in [0.29, 0.717) is 25.9 Å². The lowest BCUT2D eigenvalue weighted by Crippen LogP contribution is -2.59. The Bertz CT molecular complexity index is 2260. The number of nitrogens with zero attached hydrogens (tertiary/aromatic N) is 2. The lowest BCUT2D eigenvalue weighted by Gasteiger charge is -2.37. The molecule has 2 aromatic rings. The summed E-state index contributed by atoms with van der Waals surface area (Å²) in [7, 11) is 3.31. The Morgan fingerprint density at radius 3 is 1.86 bits per heavy atom. The van der Waals surface area contributed by atoms with E-state index < -0.39 is 76.8 Å². The van der Waals surface area contributed by atoms with E-state index in [1.165, 1.54) is 16.5 Å². The third-order valence-corrected chi connectivity index (χ3v) is 14.3. The SMILES string of the molecule is CN[C@@H](C)C(=O)NC(C(=O)N1C[C@@H](NC(=O)c2cccc(C(=O)NCCCC[C@H](NC(=O)[C@H](C)NC)C(=O)NC(C(=O)N3CCCCC3)C(C)(C)C)c2)C[C@H]1C(=O)N[C@@H]1CCCc2ccccc21)C(C)(C)C.Cl.Cl. The van der Waals surface area contributed by atoms with Crippen LogP contribution in [0.2, 0.25) is 0 Å². The van der Waals surface area contributed by atoms with Crippen molar-refractivity contribution in [2.75, 3.05) is 40.3 Å². The molecule has 1 aliphatic carbocycles. The molecule has 8 amide bonds. The lowest BCUT2D eigenvalue weighted by molar-refractivity contribution is -0.144. The van der Waals surface area contributed by atoms with Gasteiger partial charge in [0.25, 0.3) is 11.8 Å². The summed E-state index contributed by atoms with van der Waals surface area (Å²) >= 11 is 0. The number of piperidine rings is 1. The zero-order valence-corrected chi connectivity index (χ0v) is 46.7. The highest BCUT2D eigenvalue weighted by Gasteiger charge is 2.46.